The van der Waals surface area contributed by atoms with E-state index >= 15 is 0 Å². The molecule has 5 saturated carbocycles. The maximum Gasteiger partial charge on any atom is 0.335 e. The summed E-state index contributed by atoms with van der Waals surface area (Å²) in [7, 11) is -3.10. The van der Waals surface area contributed by atoms with Crippen LogP contribution in [0.2, 0.25) is 0 Å². The van der Waals surface area contributed by atoms with Crippen molar-refractivity contribution in [3.63, 3.8) is 0 Å². The second-order valence-electron chi connectivity index (χ2n) is 20.1. The van der Waals surface area contributed by atoms with E-state index in [4.69, 9.17) is 0 Å². The van der Waals surface area contributed by atoms with Gasteiger partial charge < -0.3 is 10.4 Å². The number of fused-ring (bicyclic) bond motifs is 7. The topological polar surface area (TPSA) is 90.0 Å². The number of rotatable bonds is 8. The molecule has 1 saturated heterocycles. The Morgan fingerprint density at radius 2 is 1.53 bits per heavy atom. The SMILES string of the molecule is CC(C)C1CCC2(NCCN3CCN(S(C)(=O)=O)CC3)CCC3(C)C(CCC4C5(C)CCC(c6ccc(C(=O)O)cc6)C(C)(C)C5CCC43C)C12. The van der Waals surface area contributed by atoms with Gasteiger partial charge in [-0.25, -0.2) is 13.2 Å². The van der Waals surface area contributed by atoms with Gasteiger partial charge in [0.1, 0.15) is 0 Å². The monoisotopic (exact) mass is 724 g/mol. The molecule has 1 aromatic rings. The lowest BCUT2D eigenvalue weighted by Gasteiger charge is -2.73. The van der Waals surface area contributed by atoms with Crippen molar-refractivity contribution in [3.05, 3.63) is 35.4 Å². The molecule has 10 atom stereocenters. The first kappa shape index (κ1) is 37.8. The van der Waals surface area contributed by atoms with E-state index in [1.54, 1.807) is 4.31 Å². The highest BCUT2D eigenvalue weighted by Gasteiger charge is 2.71. The number of carbonyl (C=O) groups is 1. The molecule has 1 aromatic carbocycles. The van der Waals surface area contributed by atoms with Gasteiger partial charge in [0.15, 0.2) is 0 Å². The minimum absolute atomic E-state index is 0.161. The second-order valence-corrected chi connectivity index (χ2v) is 22.0. The summed E-state index contributed by atoms with van der Waals surface area (Å²) in [5.74, 6) is 3.98. The highest BCUT2D eigenvalue weighted by atomic mass is 32.2. The Kier molecular flexibility index (Phi) is 9.70. The predicted octanol–water partition coefficient (Wildman–Crippen LogP) is 8.13. The fraction of sp³-hybridized carbons (Fsp3) is 0.837. The second kappa shape index (κ2) is 13.1. The van der Waals surface area contributed by atoms with E-state index in [-0.39, 0.29) is 11.0 Å². The first-order valence-electron chi connectivity index (χ1n) is 20.6. The first-order valence-corrected chi connectivity index (χ1v) is 22.5. The summed E-state index contributed by atoms with van der Waals surface area (Å²) in [6.07, 6.45) is 14.4. The van der Waals surface area contributed by atoms with Crippen LogP contribution in [0, 0.1) is 57.2 Å². The van der Waals surface area contributed by atoms with Crippen LogP contribution in [-0.2, 0) is 10.0 Å². The molecular weight excluding hydrogens is 655 g/mol. The van der Waals surface area contributed by atoms with Gasteiger partial charge in [-0.15, -0.1) is 0 Å². The minimum atomic E-state index is -3.10. The molecular formula is C43H69N3O4S. The summed E-state index contributed by atoms with van der Waals surface area (Å²) in [5.41, 5.74) is 3.10. The van der Waals surface area contributed by atoms with Crippen LogP contribution >= 0.6 is 0 Å². The summed E-state index contributed by atoms with van der Waals surface area (Å²) >= 11 is 0. The van der Waals surface area contributed by atoms with E-state index in [1.165, 1.54) is 76.0 Å². The van der Waals surface area contributed by atoms with Gasteiger partial charge in [0, 0.05) is 44.8 Å². The van der Waals surface area contributed by atoms with Crippen LogP contribution in [0.15, 0.2) is 24.3 Å². The summed E-state index contributed by atoms with van der Waals surface area (Å²) in [6.45, 7) is 23.2. The Hall–Kier alpha value is -1.48. The zero-order valence-electron chi connectivity index (χ0n) is 33.1. The lowest BCUT2D eigenvalue weighted by Crippen LogP contribution is -2.68. The van der Waals surface area contributed by atoms with Crippen LogP contribution in [0.1, 0.15) is 135 Å². The third kappa shape index (κ3) is 5.98. The smallest absolute Gasteiger partial charge is 0.335 e. The Morgan fingerprint density at radius 3 is 2.16 bits per heavy atom. The molecule has 0 spiro atoms. The first-order chi connectivity index (χ1) is 23.9. The van der Waals surface area contributed by atoms with E-state index in [2.05, 4.69) is 70.8 Å². The van der Waals surface area contributed by atoms with Crippen LogP contribution in [0.5, 0.6) is 0 Å². The zero-order valence-corrected chi connectivity index (χ0v) is 34.0. The molecule has 10 unspecified atom stereocenters. The van der Waals surface area contributed by atoms with Crippen LogP contribution < -0.4 is 5.32 Å². The third-order valence-corrected chi connectivity index (χ3v) is 18.9. The number of benzene rings is 1. The largest absolute Gasteiger partial charge is 0.478 e. The zero-order chi connectivity index (χ0) is 36.8. The van der Waals surface area contributed by atoms with E-state index < -0.39 is 16.0 Å². The van der Waals surface area contributed by atoms with Crippen LogP contribution in [0.25, 0.3) is 0 Å². The van der Waals surface area contributed by atoms with Crippen molar-refractivity contribution in [2.24, 2.45) is 57.2 Å². The number of piperazine rings is 1. The van der Waals surface area contributed by atoms with Crippen molar-refractivity contribution < 1.29 is 18.3 Å². The number of nitrogens with one attached hydrogen (secondary N) is 1. The molecule has 8 heteroatoms. The van der Waals surface area contributed by atoms with E-state index in [9.17, 15) is 18.3 Å². The van der Waals surface area contributed by atoms with Crippen molar-refractivity contribution in [2.45, 2.75) is 124 Å². The van der Waals surface area contributed by atoms with Crippen LogP contribution in [0.3, 0.4) is 0 Å². The van der Waals surface area contributed by atoms with Crippen molar-refractivity contribution >= 4 is 16.0 Å². The summed E-state index contributed by atoms with van der Waals surface area (Å²) in [5, 5.41) is 13.8. The molecule has 51 heavy (non-hydrogen) atoms. The maximum atomic E-state index is 12.1. The van der Waals surface area contributed by atoms with Crippen LogP contribution in [0.4, 0.5) is 0 Å². The van der Waals surface area contributed by atoms with E-state index in [1.807, 2.05) is 12.1 Å². The molecule has 2 N–H and O–H groups in total. The molecule has 7 nitrogen and oxygen atoms in total. The number of nitrogens with zero attached hydrogens (tertiary/aromatic N) is 2. The molecule has 286 valence electrons. The molecule has 1 aliphatic heterocycles. The highest BCUT2D eigenvalue weighted by molar-refractivity contribution is 7.88. The quantitative estimate of drug-likeness (QED) is 0.282. The molecule has 0 radical (unpaired) electrons. The predicted molar refractivity (Wildman–Crippen MR) is 206 cm³/mol. The number of aromatic carboxylic acids is 1. The fourth-order valence-corrected chi connectivity index (χ4v) is 15.7. The molecule has 5 aliphatic carbocycles. The molecule has 6 fully saturated rings. The van der Waals surface area contributed by atoms with Crippen molar-refractivity contribution in [1.29, 1.82) is 0 Å². The standard InChI is InChI=1S/C43H69N3O4S/c1-29(2)32-15-20-43(44-23-24-45-25-27-46(28-26-45)51(8,49)50)22-21-41(6)34(37(32)43)13-14-36-40(5)18-16-33(30-9-11-31(12-10-30)38(47)48)39(3,4)35(40)17-19-42(36,41)7/h9-12,29,32-37,44H,13-28H2,1-8H3,(H,47,48). The molecule has 6 aliphatic rings. The Bertz CT molecular complexity index is 1570. The Labute approximate surface area is 310 Å². The van der Waals surface area contributed by atoms with Gasteiger partial charge in [0.2, 0.25) is 10.0 Å². The summed E-state index contributed by atoms with van der Waals surface area (Å²) < 4.78 is 25.8. The van der Waals surface area contributed by atoms with Gasteiger partial charge in [-0.1, -0.05) is 60.6 Å². The number of carboxylic acid groups (broad SMARTS) is 1. The minimum Gasteiger partial charge on any atom is -0.478 e. The van der Waals surface area contributed by atoms with Gasteiger partial charge in [-0.2, -0.15) is 4.31 Å². The van der Waals surface area contributed by atoms with E-state index in [0.717, 1.165) is 49.9 Å². The lowest BCUT2D eigenvalue weighted by molar-refractivity contribution is -0.235. The third-order valence-electron chi connectivity index (χ3n) is 17.6. The van der Waals surface area contributed by atoms with Gasteiger partial charge in [0.05, 0.1) is 11.8 Å². The normalized spacial score (nSPS) is 42.8. The summed E-state index contributed by atoms with van der Waals surface area (Å²) in [6, 6.07) is 7.84. The number of hydrogen-bond acceptors (Lipinski definition) is 5. The molecule has 0 bridgehead atoms. The molecule has 0 aromatic heterocycles. The number of hydrogen-bond donors (Lipinski definition) is 2. The molecule has 7 rings (SSSR count). The van der Waals surface area contributed by atoms with Crippen molar-refractivity contribution in [3.8, 4) is 0 Å². The Balaban J connectivity index is 1.10. The lowest BCUT2D eigenvalue weighted by atomic mass is 9.32. The molecule has 1 heterocycles. The maximum absolute atomic E-state index is 12.1. The molecule has 0 amide bonds. The number of sulfonamides is 1. The fourth-order valence-electron chi connectivity index (χ4n) is 14.9. The Morgan fingerprint density at radius 1 is 0.843 bits per heavy atom. The summed E-state index contributed by atoms with van der Waals surface area (Å²) in [4.78, 5) is 14.1. The average molecular weight is 724 g/mol. The van der Waals surface area contributed by atoms with Crippen LogP contribution in [-0.4, -0.2) is 79.8 Å². The van der Waals surface area contributed by atoms with Crippen molar-refractivity contribution in [1.82, 2.24) is 14.5 Å². The van der Waals surface area contributed by atoms with Gasteiger partial charge >= 0.3 is 5.97 Å². The van der Waals surface area contributed by atoms with Crippen molar-refractivity contribution in [2.75, 3.05) is 45.5 Å². The highest BCUT2D eigenvalue weighted by Crippen LogP contribution is 2.77. The van der Waals surface area contributed by atoms with Gasteiger partial charge in [-0.3, -0.25) is 4.90 Å². The van der Waals surface area contributed by atoms with Gasteiger partial charge in [-0.05, 0) is 145 Å². The average Bonchev–Trinajstić information content (AvgIpc) is 3.45. The van der Waals surface area contributed by atoms with Gasteiger partial charge in [0.25, 0.3) is 0 Å². The van der Waals surface area contributed by atoms with E-state index in [0.29, 0.717) is 52.7 Å². The number of carboxylic acids is 1.